The molecule has 1 aromatic heterocycles. The lowest BCUT2D eigenvalue weighted by molar-refractivity contribution is 0.586. The number of hydrazine groups is 1. The van der Waals surface area contributed by atoms with Crippen LogP contribution in [0.3, 0.4) is 0 Å². The van der Waals surface area contributed by atoms with Gasteiger partial charge >= 0.3 is 0 Å². The maximum absolute atomic E-state index is 5.78. The van der Waals surface area contributed by atoms with Crippen LogP contribution < -0.4 is 11.3 Å². The summed E-state index contributed by atoms with van der Waals surface area (Å²) in [4.78, 5) is 4.55. The average molecular weight is 283 g/mol. The second kappa shape index (κ2) is 5.96. The van der Waals surface area contributed by atoms with Gasteiger partial charge < -0.3 is 0 Å². The number of hydrogen-bond donors (Lipinski definition) is 2. The van der Waals surface area contributed by atoms with E-state index < -0.39 is 0 Å². The minimum atomic E-state index is -0.0837. The molecule has 0 radical (unpaired) electrons. The number of pyridine rings is 1. The van der Waals surface area contributed by atoms with Crippen LogP contribution in [-0.2, 0) is 5.41 Å². The van der Waals surface area contributed by atoms with Crippen LogP contribution in [0.2, 0.25) is 0 Å². The Hall–Kier alpha value is -1.71. The molecular formula is C18H25N3. The van der Waals surface area contributed by atoms with Crippen molar-refractivity contribution in [2.45, 2.75) is 46.1 Å². The Morgan fingerprint density at radius 2 is 1.71 bits per heavy atom. The second-order valence-electron chi connectivity index (χ2n) is 6.69. The highest BCUT2D eigenvalue weighted by Gasteiger charge is 2.18. The van der Waals surface area contributed by atoms with Crippen LogP contribution in [0.25, 0.3) is 0 Å². The highest BCUT2D eigenvalue weighted by Crippen LogP contribution is 2.27. The average Bonchev–Trinajstić information content (AvgIpc) is 2.41. The lowest BCUT2D eigenvalue weighted by atomic mass is 9.86. The van der Waals surface area contributed by atoms with E-state index in [1.54, 1.807) is 0 Å². The van der Waals surface area contributed by atoms with Crippen molar-refractivity contribution in [1.82, 2.24) is 10.4 Å². The Kier molecular flexibility index (Phi) is 4.45. The fourth-order valence-electron chi connectivity index (χ4n) is 2.54. The van der Waals surface area contributed by atoms with E-state index in [2.05, 4.69) is 68.4 Å². The molecule has 112 valence electrons. The summed E-state index contributed by atoms with van der Waals surface area (Å²) < 4.78 is 0. The van der Waals surface area contributed by atoms with Crippen molar-refractivity contribution in [3.8, 4) is 0 Å². The molecular weight excluding hydrogens is 258 g/mol. The van der Waals surface area contributed by atoms with Crippen molar-refractivity contribution in [3.05, 3.63) is 64.5 Å². The van der Waals surface area contributed by atoms with Crippen LogP contribution in [0.15, 0.2) is 36.5 Å². The Morgan fingerprint density at radius 1 is 1.10 bits per heavy atom. The monoisotopic (exact) mass is 283 g/mol. The number of nitrogens with zero attached hydrogens (tertiary/aromatic N) is 1. The van der Waals surface area contributed by atoms with E-state index in [-0.39, 0.29) is 11.5 Å². The zero-order chi connectivity index (χ0) is 15.6. The van der Waals surface area contributed by atoms with Crippen LogP contribution in [0.1, 0.15) is 54.8 Å². The minimum absolute atomic E-state index is 0.0837. The number of benzene rings is 1. The molecule has 0 amide bonds. The van der Waals surface area contributed by atoms with Crippen LogP contribution in [0.5, 0.6) is 0 Å². The third-order valence-electron chi connectivity index (χ3n) is 3.81. The predicted molar refractivity (Wildman–Crippen MR) is 88.0 cm³/mol. The van der Waals surface area contributed by atoms with Gasteiger partial charge in [0, 0.05) is 6.20 Å². The molecule has 1 unspecified atom stereocenters. The topological polar surface area (TPSA) is 50.9 Å². The fourth-order valence-corrected chi connectivity index (χ4v) is 2.54. The van der Waals surface area contributed by atoms with Crippen LogP contribution in [0.4, 0.5) is 0 Å². The number of aromatic nitrogens is 1. The third kappa shape index (κ3) is 3.49. The molecule has 0 aliphatic rings. The summed E-state index contributed by atoms with van der Waals surface area (Å²) in [7, 11) is 0. The van der Waals surface area contributed by atoms with Crippen molar-refractivity contribution in [3.63, 3.8) is 0 Å². The van der Waals surface area contributed by atoms with Crippen LogP contribution >= 0.6 is 0 Å². The molecule has 1 heterocycles. The molecule has 0 saturated heterocycles. The standard InChI is InChI=1S/C18H25N3/c1-12-10-13(2)16(20-11-12)17(21-19)14-6-8-15(9-7-14)18(3,4)5/h6-11,17,21H,19H2,1-5H3. The number of nitrogens with one attached hydrogen (secondary N) is 1. The minimum Gasteiger partial charge on any atom is -0.271 e. The van der Waals surface area contributed by atoms with Gasteiger partial charge in [-0.1, -0.05) is 51.1 Å². The van der Waals surface area contributed by atoms with Gasteiger partial charge in [-0.3, -0.25) is 10.8 Å². The molecule has 1 aromatic carbocycles. The molecule has 21 heavy (non-hydrogen) atoms. The molecule has 3 heteroatoms. The Morgan fingerprint density at radius 3 is 2.19 bits per heavy atom. The second-order valence-corrected chi connectivity index (χ2v) is 6.69. The van der Waals surface area contributed by atoms with Crippen molar-refractivity contribution < 1.29 is 0 Å². The summed E-state index contributed by atoms with van der Waals surface area (Å²) in [6.45, 7) is 10.8. The van der Waals surface area contributed by atoms with E-state index in [0.717, 1.165) is 22.4 Å². The molecule has 2 aromatic rings. The molecule has 1 atom stereocenters. The summed E-state index contributed by atoms with van der Waals surface area (Å²) in [6, 6.07) is 10.7. The summed E-state index contributed by atoms with van der Waals surface area (Å²) in [6.07, 6.45) is 1.89. The van der Waals surface area contributed by atoms with Crippen molar-refractivity contribution in [2.24, 2.45) is 5.84 Å². The van der Waals surface area contributed by atoms with Gasteiger partial charge in [-0.2, -0.15) is 0 Å². The summed E-state index contributed by atoms with van der Waals surface area (Å²) >= 11 is 0. The van der Waals surface area contributed by atoms with E-state index in [0.29, 0.717) is 0 Å². The summed E-state index contributed by atoms with van der Waals surface area (Å²) in [5, 5.41) is 0. The lowest BCUT2D eigenvalue weighted by Gasteiger charge is -2.22. The first-order valence-electron chi connectivity index (χ1n) is 7.32. The van der Waals surface area contributed by atoms with Crippen LogP contribution in [0, 0.1) is 13.8 Å². The maximum atomic E-state index is 5.78. The highest BCUT2D eigenvalue weighted by atomic mass is 15.2. The van der Waals surface area contributed by atoms with Crippen molar-refractivity contribution in [1.29, 1.82) is 0 Å². The van der Waals surface area contributed by atoms with Gasteiger partial charge in [0.2, 0.25) is 0 Å². The smallest absolute Gasteiger partial charge is 0.0884 e. The lowest BCUT2D eigenvalue weighted by Crippen LogP contribution is -2.30. The quantitative estimate of drug-likeness (QED) is 0.669. The number of hydrogen-bond acceptors (Lipinski definition) is 3. The molecule has 0 bridgehead atoms. The molecule has 2 rings (SSSR count). The first-order chi connectivity index (χ1) is 9.82. The van der Waals surface area contributed by atoms with E-state index in [4.69, 9.17) is 5.84 Å². The van der Waals surface area contributed by atoms with Gasteiger partial charge in [0.05, 0.1) is 11.7 Å². The first kappa shape index (κ1) is 15.7. The van der Waals surface area contributed by atoms with E-state index in [1.807, 2.05) is 13.1 Å². The zero-order valence-corrected chi connectivity index (χ0v) is 13.6. The van der Waals surface area contributed by atoms with Gasteiger partial charge in [-0.25, -0.2) is 5.43 Å². The van der Waals surface area contributed by atoms with E-state index >= 15 is 0 Å². The molecule has 0 aliphatic heterocycles. The first-order valence-corrected chi connectivity index (χ1v) is 7.32. The largest absolute Gasteiger partial charge is 0.271 e. The van der Waals surface area contributed by atoms with Gasteiger partial charge in [-0.05, 0) is 41.5 Å². The molecule has 3 N–H and O–H groups in total. The fraction of sp³-hybridized carbons (Fsp3) is 0.389. The number of aryl methyl sites for hydroxylation is 2. The van der Waals surface area contributed by atoms with Gasteiger partial charge in [0.25, 0.3) is 0 Å². The number of nitrogens with two attached hydrogens (primary N) is 1. The molecule has 0 fully saturated rings. The van der Waals surface area contributed by atoms with Gasteiger partial charge in [0.15, 0.2) is 0 Å². The SMILES string of the molecule is Cc1cnc(C(NN)c2ccc(C(C)(C)C)cc2)c(C)c1. The van der Waals surface area contributed by atoms with Crippen molar-refractivity contribution in [2.75, 3.05) is 0 Å². The maximum Gasteiger partial charge on any atom is 0.0884 e. The molecule has 0 aliphatic carbocycles. The molecule has 0 saturated carbocycles. The van der Waals surface area contributed by atoms with Crippen LogP contribution in [-0.4, -0.2) is 4.98 Å². The summed E-state index contributed by atoms with van der Waals surface area (Å²) in [5.41, 5.74) is 8.78. The van der Waals surface area contributed by atoms with Gasteiger partial charge in [0.1, 0.15) is 0 Å². The Balaban J connectivity index is 2.37. The molecule has 3 nitrogen and oxygen atoms in total. The van der Waals surface area contributed by atoms with E-state index in [9.17, 15) is 0 Å². The van der Waals surface area contributed by atoms with Crippen molar-refractivity contribution >= 4 is 0 Å². The Bertz CT molecular complexity index is 609. The predicted octanol–water partition coefficient (Wildman–Crippen LogP) is 3.55. The van der Waals surface area contributed by atoms with E-state index in [1.165, 1.54) is 5.56 Å². The zero-order valence-electron chi connectivity index (χ0n) is 13.6. The highest BCUT2D eigenvalue weighted by molar-refractivity contribution is 5.36. The van der Waals surface area contributed by atoms with Gasteiger partial charge in [-0.15, -0.1) is 0 Å². The summed E-state index contributed by atoms with van der Waals surface area (Å²) in [5.74, 6) is 5.78. The Labute approximate surface area is 127 Å². The third-order valence-corrected chi connectivity index (χ3v) is 3.81. The number of rotatable bonds is 3. The molecule has 0 spiro atoms. The normalized spacial score (nSPS) is 13.2.